The fourth-order valence-corrected chi connectivity index (χ4v) is 4.99. The van der Waals surface area contributed by atoms with Gasteiger partial charge in [0, 0.05) is 19.8 Å². The average molecular weight is 445 g/mol. The first kappa shape index (κ1) is 22.1. The number of carbonyl (C=O) groups excluding carboxylic acids is 1. The summed E-state index contributed by atoms with van der Waals surface area (Å²) < 4.78 is 0. The third-order valence-electron chi connectivity index (χ3n) is 5.54. The largest absolute Gasteiger partial charge is 0.378 e. The van der Waals surface area contributed by atoms with Crippen molar-refractivity contribution >= 4 is 45.5 Å². The summed E-state index contributed by atoms with van der Waals surface area (Å²) in [5, 5.41) is 11.7. The Morgan fingerprint density at radius 3 is 2.53 bits per heavy atom. The van der Waals surface area contributed by atoms with Crippen molar-refractivity contribution in [3.05, 3.63) is 77.9 Å². The molecule has 3 aromatic carbocycles. The minimum atomic E-state index is -0.0942. The number of thioether (sulfide) groups is 1. The highest BCUT2D eigenvalue weighted by atomic mass is 32.2. The van der Waals surface area contributed by atoms with Crippen LogP contribution in [0.4, 0.5) is 5.69 Å². The molecule has 5 nitrogen and oxygen atoms in total. The molecule has 1 saturated heterocycles. The number of rotatable bonds is 7. The number of benzene rings is 3. The minimum Gasteiger partial charge on any atom is -0.378 e. The topological polar surface area (TPSA) is 48.3 Å². The second kappa shape index (κ2) is 10.0. The quantitative estimate of drug-likeness (QED) is 0.355. The molecule has 0 bridgehead atoms. The van der Waals surface area contributed by atoms with Crippen LogP contribution in [0.25, 0.3) is 10.8 Å². The van der Waals surface area contributed by atoms with Crippen LogP contribution < -0.4 is 4.90 Å². The Balaban J connectivity index is 1.59. The molecule has 1 atom stereocenters. The van der Waals surface area contributed by atoms with Crippen molar-refractivity contribution in [2.45, 2.75) is 31.6 Å². The predicted octanol–water partition coefficient (Wildman–Crippen LogP) is 5.54. The van der Waals surface area contributed by atoms with Crippen molar-refractivity contribution in [3.63, 3.8) is 0 Å². The van der Waals surface area contributed by atoms with E-state index >= 15 is 0 Å². The van der Waals surface area contributed by atoms with Crippen molar-refractivity contribution in [1.29, 1.82) is 0 Å². The van der Waals surface area contributed by atoms with Crippen LogP contribution in [0.5, 0.6) is 0 Å². The molecule has 1 amide bonds. The predicted molar refractivity (Wildman–Crippen MR) is 137 cm³/mol. The molecule has 0 aromatic heterocycles. The standard InChI is InChI=1S/C26H28N4OS/c1-4-8-24-25(31)30(18-21-11-7-10-20-9-5-6-12-23(20)21)26(32-24)28-27-17-19-13-15-22(16-14-19)29(2)3/h5-7,9-17,24H,4,8,18H2,1-3H3/b27-17-,28-26+/t24-/m1/s1. The van der Waals surface area contributed by atoms with E-state index in [0.717, 1.165) is 35.0 Å². The first-order valence-electron chi connectivity index (χ1n) is 10.9. The Hall–Kier alpha value is -3.12. The number of hydrogen-bond donors (Lipinski definition) is 0. The molecular weight excluding hydrogens is 416 g/mol. The van der Waals surface area contributed by atoms with Gasteiger partial charge >= 0.3 is 0 Å². The molecule has 0 unspecified atom stereocenters. The molecule has 0 spiro atoms. The fourth-order valence-electron chi connectivity index (χ4n) is 3.78. The van der Waals surface area contributed by atoms with Gasteiger partial charge in [-0.05, 0) is 40.5 Å². The summed E-state index contributed by atoms with van der Waals surface area (Å²) in [6, 6.07) is 22.6. The van der Waals surface area contributed by atoms with Gasteiger partial charge in [-0.2, -0.15) is 5.10 Å². The molecule has 0 radical (unpaired) electrons. The summed E-state index contributed by atoms with van der Waals surface area (Å²) >= 11 is 1.52. The van der Waals surface area contributed by atoms with Gasteiger partial charge < -0.3 is 4.90 Å². The number of amidine groups is 1. The van der Waals surface area contributed by atoms with Crippen LogP contribution >= 0.6 is 11.8 Å². The van der Waals surface area contributed by atoms with Gasteiger partial charge in [0.1, 0.15) is 0 Å². The number of amides is 1. The van der Waals surface area contributed by atoms with Gasteiger partial charge in [-0.25, -0.2) is 0 Å². The van der Waals surface area contributed by atoms with Crippen LogP contribution in [-0.4, -0.2) is 41.5 Å². The van der Waals surface area contributed by atoms with E-state index in [1.165, 1.54) is 17.1 Å². The summed E-state index contributed by atoms with van der Waals surface area (Å²) in [5.41, 5.74) is 3.22. The Bertz CT molecular complexity index is 1150. The minimum absolute atomic E-state index is 0.0942. The molecule has 6 heteroatoms. The van der Waals surface area contributed by atoms with Crippen LogP contribution in [0.15, 0.2) is 76.9 Å². The molecular formula is C26H28N4OS. The van der Waals surface area contributed by atoms with E-state index in [2.05, 4.69) is 46.3 Å². The molecule has 164 valence electrons. The fraction of sp³-hybridized carbons (Fsp3) is 0.269. The van der Waals surface area contributed by atoms with Crippen molar-refractivity contribution in [2.24, 2.45) is 10.2 Å². The number of carbonyl (C=O) groups is 1. The third-order valence-corrected chi connectivity index (χ3v) is 6.77. The van der Waals surface area contributed by atoms with E-state index in [-0.39, 0.29) is 11.2 Å². The zero-order chi connectivity index (χ0) is 22.5. The Morgan fingerprint density at radius 2 is 1.78 bits per heavy atom. The van der Waals surface area contributed by atoms with Gasteiger partial charge in [0.25, 0.3) is 0 Å². The molecule has 0 saturated carbocycles. The Kier molecular flexibility index (Phi) is 6.90. The van der Waals surface area contributed by atoms with E-state index in [4.69, 9.17) is 0 Å². The third kappa shape index (κ3) is 4.86. The van der Waals surface area contributed by atoms with Crippen LogP contribution in [0.1, 0.15) is 30.9 Å². The molecule has 4 rings (SSSR count). The lowest BCUT2D eigenvalue weighted by atomic mass is 10.0. The van der Waals surface area contributed by atoms with Crippen molar-refractivity contribution in [1.82, 2.24) is 4.90 Å². The summed E-state index contributed by atoms with van der Waals surface area (Å²) in [7, 11) is 4.03. The van der Waals surface area contributed by atoms with Gasteiger partial charge in [0.15, 0.2) is 5.17 Å². The molecule has 1 aliphatic heterocycles. The SMILES string of the molecule is CCC[C@H]1S/C(=N/N=C\c2ccc(N(C)C)cc2)N(Cc2cccc3ccccc23)C1=O. The van der Waals surface area contributed by atoms with Crippen LogP contribution in [0, 0.1) is 0 Å². The highest BCUT2D eigenvalue weighted by Gasteiger charge is 2.37. The van der Waals surface area contributed by atoms with Crippen LogP contribution in [-0.2, 0) is 11.3 Å². The number of fused-ring (bicyclic) bond motifs is 1. The van der Waals surface area contributed by atoms with Gasteiger partial charge in [-0.3, -0.25) is 9.69 Å². The Morgan fingerprint density at radius 1 is 1.03 bits per heavy atom. The average Bonchev–Trinajstić information content (AvgIpc) is 3.09. The van der Waals surface area contributed by atoms with Crippen LogP contribution in [0.3, 0.4) is 0 Å². The maximum atomic E-state index is 13.1. The van der Waals surface area contributed by atoms with Crippen molar-refractivity contribution in [2.75, 3.05) is 19.0 Å². The van der Waals surface area contributed by atoms with E-state index in [1.807, 2.05) is 56.6 Å². The molecule has 0 N–H and O–H groups in total. The normalized spacial score (nSPS) is 17.7. The number of hydrogen-bond acceptors (Lipinski definition) is 5. The lowest BCUT2D eigenvalue weighted by Gasteiger charge is -2.17. The van der Waals surface area contributed by atoms with Crippen LogP contribution in [0.2, 0.25) is 0 Å². The van der Waals surface area contributed by atoms with E-state index in [1.54, 1.807) is 11.1 Å². The maximum absolute atomic E-state index is 13.1. The van der Waals surface area contributed by atoms with Crippen molar-refractivity contribution < 1.29 is 4.79 Å². The summed E-state index contributed by atoms with van der Waals surface area (Å²) in [6.07, 6.45) is 3.53. The van der Waals surface area contributed by atoms with E-state index in [0.29, 0.717) is 11.7 Å². The van der Waals surface area contributed by atoms with Crippen molar-refractivity contribution in [3.8, 4) is 0 Å². The van der Waals surface area contributed by atoms with Gasteiger partial charge in [0.2, 0.25) is 5.91 Å². The molecule has 0 aliphatic carbocycles. The summed E-state index contributed by atoms with van der Waals surface area (Å²) in [4.78, 5) is 17.0. The highest BCUT2D eigenvalue weighted by molar-refractivity contribution is 8.15. The second-order valence-electron chi connectivity index (χ2n) is 8.07. The molecule has 1 aliphatic rings. The zero-order valence-electron chi connectivity index (χ0n) is 18.7. The number of nitrogens with zero attached hydrogens (tertiary/aromatic N) is 4. The maximum Gasteiger partial charge on any atom is 0.242 e. The van der Waals surface area contributed by atoms with Gasteiger partial charge in [-0.1, -0.05) is 79.7 Å². The van der Waals surface area contributed by atoms with E-state index in [9.17, 15) is 4.79 Å². The summed E-state index contributed by atoms with van der Waals surface area (Å²) in [5.74, 6) is 0.120. The Labute approximate surface area is 193 Å². The first-order chi connectivity index (χ1) is 15.6. The van der Waals surface area contributed by atoms with Gasteiger partial charge in [0.05, 0.1) is 18.0 Å². The number of anilines is 1. The monoisotopic (exact) mass is 444 g/mol. The second-order valence-corrected chi connectivity index (χ2v) is 9.24. The smallest absolute Gasteiger partial charge is 0.242 e. The van der Waals surface area contributed by atoms with E-state index < -0.39 is 0 Å². The molecule has 1 fully saturated rings. The molecule has 32 heavy (non-hydrogen) atoms. The molecule has 3 aromatic rings. The zero-order valence-corrected chi connectivity index (χ0v) is 19.5. The van der Waals surface area contributed by atoms with Gasteiger partial charge in [-0.15, -0.1) is 5.10 Å². The summed E-state index contributed by atoms with van der Waals surface area (Å²) in [6.45, 7) is 2.60. The lowest BCUT2D eigenvalue weighted by Crippen LogP contribution is -2.31. The first-order valence-corrected chi connectivity index (χ1v) is 11.8. The highest BCUT2D eigenvalue weighted by Crippen LogP contribution is 2.32. The molecule has 1 heterocycles. The lowest BCUT2D eigenvalue weighted by molar-refractivity contribution is -0.126.